The van der Waals surface area contributed by atoms with Crippen LogP contribution in [0.2, 0.25) is 0 Å². The van der Waals surface area contributed by atoms with Gasteiger partial charge in [0.15, 0.2) is 6.10 Å². The number of unbranched alkanes of at least 4 members (excludes halogenated alkanes) is 25. The molecule has 0 radical (unpaired) electrons. The summed E-state index contributed by atoms with van der Waals surface area (Å²) in [6.45, 7) is 7.73. The van der Waals surface area contributed by atoms with Gasteiger partial charge >= 0.3 is 11.9 Å². The van der Waals surface area contributed by atoms with Gasteiger partial charge < -0.3 is 14.2 Å². The average Bonchev–Trinajstić information content (AvgIpc) is 3.20. The van der Waals surface area contributed by atoms with Crippen LogP contribution in [0.1, 0.15) is 239 Å². The zero-order valence-corrected chi connectivity index (χ0v) is 37.4. The fraction of sp³-hybridized carbons (Fsp3) is 0.804. The molecule has 0 aromatic carbocycles. The maximum Gasteiger partial charge on any atom is 0.306 e. The van der Waals surface area contributed by atoms with Crippen molar-refractivity contribution < 1.29 is 23.8 Å². The molecule has 0 spiro atoms. The summed E-state index contributed by atoms with van der Waals surface area (Å²) in [5.74, 6) is -0.417. The monoisotopic (exact) mass is 785 g/mol. The highest BCUT2D eigenvalue weighted by molar-refractivity contribution is 5.70. The van der Waals surface area contributed by atoms with Crippen LogP contribution in [0, 0.1) is 0 Å². The van der Waals surface area contributed by atoms with Crippen LogP contribution in [0.25, 0.3) is 0 Å². The molecule has 0 amide bonds. The zero-order valence-electron chi connectivity index (χ0n) is 37.4. The molecule has 5 nitrogen and oxygen atoms in total. The molecule has 0 heterocycles. The first-order valence-electron chi connectivity index (χ1n) is 24.2. The van der Waals surface area contributed by atoms with Gasteiger partial charge in [0.1, 0.15) is 6.61 Å². The van der Waals surface area contributed by atoms with Crippen molar-refractivity contribution in [1.82, 2.24) is 0 Å². The summed E-state index contributed by atoms with van der Waals surface area (Å²) in [5, 5.41) is 0. The van der Waals surface area contributed by atoms with Crippen LogP contribution in [-0.2, 0) is 23.8 Å². The van der Waals surface area contributed by atoms with Crippen molar-refractivity contribution in [3.8, 4) is 0 Å². The summed E-state index contributed by atoms with van der Waals surface area (Å²) in [4.78, 5) is 25.2. The Hall–Kier alpha value is -2.14. The highest BCUT2D eigenvalue weighted by atomic mass is 16.6. The summed E-state index contributed by atoms with van der Waals surface area (Å²) in [6, 6.07) is 0. The van der Waals surface area contributed by atoms with Gasteiger partial charge in [-0.1, -0.05) is 191 Å². The fourth-order valence-corrected chi connectivity index (χ4v) is 6.69. The number of allylic oxidation sites excluding steroid dienone is 8. The topological polar surface area (TPSA) is 61.8 Å². The van der Waals surface area contributed by atoms with Gasteiger partial charge in [-0.2, -0.15) is 0 Å². The normalized spacial score (nSPS) is 12.6. The molecule has 5 heteroatoms. The lowest BCUT2D eigenvalue weighted by atomic mass is 10.1. The zero-order chi connectivity index (χ0) is 40.7. The molecule has 0 saturated carbocycles. The predicted octanol–water partition coefficient (Wildman–Crippen LogP) is 16.0. The number of ether oxygens (including phenoxy) is 3. The summed E-state index contributed by atoms with van der Waals surface area (Å²) in [6.07, 6.45) is 56.9. The fourth-order valence-electron chi connectivity index (χ4n) is 6.69. The molecule has 0 bridgehead atoms. The van der Waals surface area contributed by atoms with E-state index < -0.39 is 6.10 Å². The number of esters is 2. The summed E-state index contributed by atoms with van der Waals surface area (Å²) >= 11 is 0. The van der Waals surface area contributed by atoms with Crippen LogP contribution in [0.15, 0.2) is 48.6 Å². The summed E-state index contributed by atoms with van der Waals surface area (Å²) in [7, 11) is 0. The standard InChI is InChI=1S/C51H92O5/c1-4-7-10-13-16-18-20-22-24-25-26-28-30-32-34-37-40-43-46-54-47-49(56-51(53)45-42-39-35-15-12-9-6-3)48-55-50(52)44-41-38-36-33-31-29-27-23-21-19-17-14-11-8-5-2/h16-19,22-24,27,49H,4-15,20-21,25-26,28-48H2,1-3H3/b18-16-,19-17-,24-22-,27-23-. The smallest absolute Gasteiger partial charge is 0.306 e. The molecule has 0 N–H and O–H groups in total. The molecule has 1 unspecified atom stereocenters. The lowest BCUT2D eigenvalue weighted by Crippen LogP contribution is -2.30. The van der Waals surface area contributed by atoms with E-state index in [9.17, 15) is 9.59 Å². The van der Waals surface area contributed by atoms with Gasteiger partial charge in [-0.25, -0.2) is 0 Å². The van der Waals surface area contributed by atoms with Gasteiger partial charge in [-0.05, 0) is 83.5 Å². The van der Waals surface area contributed by atoms with Crippen LogP contribution in [0.4, 0.5) is 0 Å². The Morgan fingerprint density at radius 1 is 0.393 bits per heavy atom. The van der Waals surface area contributed by atoms with Crippen LogP contribution >= 0.6 is 0 Å². The van der Waals surface area contributed by atoms with Crippen LogP contribution < -0.4 is 0 Å². The molecule has 0 aliphatic rings. The number of carbonyl (C=O) groups is 2. The van der Waals surface area contributed by atoms with Crippen LogP contribution in [0.5, 0.6) is 0 Å². The molecule has 0 aliphatic carbocycles. The van der Waals surface area contributed by atoms with E-state index in [1.165, 1.54) is 141 Å². The summed E-state index contributed by atoms with van der Waals surface area (Å²) < 4.78 is 17.3. The number of hydrogen-bond acceptors (Lipinski definition) is 5. The quantitative estimate of drug-likeness (QED) is 0.0350. The Morgan fingerprint density at radius 3 is 1.21 bits per heavy atom. The van der Waals surface area contributed by atoms with Gasteiger partial charge in [-0.15, -0.1) is 0 Å². The third kappa shape index (κ3) is 44.6. The number of carbonyl (C=O) groups excluding carboxylic acids is 2. The van der Waals surface area contributed by atoms with Gasteiger partial charge in [0.05, 0.1) is 6.61 Å². The Bertz CT molecular complexity index is 935. The second kappa shape index (κ2) is 47.2. The molecule has 0 saturated heterocycles. The maximum absolute atomic E-state index is 12.6. The van der Waals surface area contributed by atoms with Crippen LogP contribution in [0.3, 0.4) is 0 Å². The predicted molar refractivity (Wildman–Crippen MR) is 242 cm³/mol. The minimum Gasteiger partial charge on any atom is -0.462 e. The molecule has 326 valence electrons. The Balaban J connectivity index is 4.15. The minimum absolute atomic E-state index is 0.0772. The largest absolute Gasteiger partial charge is 0.462 e. The molecule has 0 fully saturated rings. The second-order valence-electron chi connectivity index (χ2n) is 16.0. The van der Waals surface area contributed by atoms with Crippen molar-refractivity contribution in [3.05, 3.63) is 48.6 Å². The molecule has 0 aromatic heterocycles. The lowest BCUT2D eigenvalue weighted by Gasteiger charge is -2.18. The van der Waals surface area contributed by atoms with Crippen molar-refractivity contribution in [2.45, 2.75) is 245 Å². The van der Waals surface area contributed by atoms with E-state index in [4.69, 9.17) is 14.2 Å². The Kier molecular flexibility index (Phi) is 45.4. The van der Waals surface area contributed by atoms with Crippen molar-refractivity contribution in [1.29, 1.82) is 0 Å². The van der Waals surface area contributed by atoms with Crippen molar-refractivity contribution >= 4 is 11.9 Å². The minimum atomic E-state index is -0.539. The van der Waals surface area contributed by atoms with E-state index in [0.717, 1.165) is 64.2 Å². The first-order valence-corrected chi connectivity index (χ1v) is 24.2. The maximum atomic E-state index is 12.6. The highest BCUT2D eigenvalue weighted by Crippen LogP contribution is 2.13. The van der Waals surface area contributed by atoms with E-state index in [-0.39, 0.29) is 25.2 Å². The van der Waals surface area contributed by atoms with E-state index in [0.29, 0.717) is 19.4 Å². The van der Waals surface area contributed by atoms with Gasteiger partial charge in [0.25, 0.3) is 0 Å². The van der Waals surface area contributed by atoms with Gasteiger partial charge in [-0.3, -0.25) is 9.59 Å². The van der Waals surface area contributed by atoms with E-state index in [1.54, 1.807) is 0 Å². The van der Waals surface area contributed by atoms with E-state index in [2.05, 4.69) is 69.4 Å². The molecular formula is C51H92O5. The molecule has 1 atom stereocenters. The lowest BCUT2D eigenvalue weighted by molar-refractivity contribution is -0.163. The molecule has 0 aliphatic heterocycles. The number of rotatable bonds is 44. The second-order valence-corrected chi connectivity index (χ2v) is 16.0. The molecule has 56 heavy (non-hydrogen) atoms. The van der Waals surface area contributed by atoms with Crippen LogP contribution in [-0.4, -0.2) is 37.9 Å². The average molecular weight is 785 g/mol. The number of hydrogen-bond donors (Lipinski definition) is 0. The van der Waals surface area contributed by atoms with E-state index >= 15 is 0 Å². The molecule has 0 rings (SSSR count). The molecule has 0 aromatic rings. The SMILES string of the molecule is CCCCC/C=C\C/C=C\CCCCCCCCCCOCC(COC(=O)CCCCCCC/C=C\C/C=C\CCCCC)OC(=O)CCCCCCCCC. The van der Waals surface area contributed by atoms with Gasteiger partial charge in [0, 0.05) is 19.4 Å². The third-order valence-corrected chi connectivity index (χ3v) is 10.3. The summed E-state index contributed by atoms with van der Waals surface area (Å²) in [5.41, 5.74) is 0. The highest BCUT2D eigenvalue weighted by Gasteiger charge is 2.17. The Labute approximate surface area is 348 Å². The van der Waals surface area contributed by atoms with E-state index in [1.807, 2.05) is 0 Å². The van der Waals surface area contributed by atoms with Crippen molar-refractivity contribution in [2.24, 2.45) is 0 Å². The Morgan fingerprint density at radius 2 is 0.750 bits per heavy atom. The molecular weight excluding hydrogens is 693 g/mol. The third-order valence-electron chi connectivity index (χ3n) is 10.3. The van der Waals surface area contributed by atoms with Crippen molar-refractivity contribution in [2.75, 3.05) is 19.8 Å². The van der Waals surface area contributed by atoms with Crippen molar-refractivity contribution in [3.63, 3.8) is 0 Å². The first-order chi connectivity index (χ1) is 27.6. The first kappa shape index (κ1) is 53.9. The van der Waals surface area contributed by atoms with Gasteiger partial charge in [0.2, 0.25) is 0 Å².